The third-order valence-corrected chi connectivity index (χ3v) is 10.3. The van der Waals surface area contributed by atoms with Crippen LogP contribution in [0.4, 0.5) is 5.69 Å². The minimum Gasteiger partial charge on any atom is -0.491 e. The monoisotopic (exact) mass is 853 g/mol. The van der Waals surface area contributed by atoms with Gasteiger partial charge >= 0.3 is 0 Å². The Morgan fingerprint density at radius 1 is 0.639 bits per heavy atom. The molecule has 0 saturated carbocycles. The van der Waals surface area contributed by atoms with Gasteiger partial charge in [0.15, 0.2) is 0 Å². The van der Waals surface area contributed by atoms with Gasteiger partial charge in [0.05, 0.1) is 89.5 Å². The van der Waals surface area contributed by atoms with Gasteiger partial charge in [0.1, 0.15) is 18.4 Å². The van der Waals surface area contributed by atoms with Crippen molar-refractivity contribution in [2.24, 2.45) is 0 Å². The first-order chi connectivity index (χ1) is 29.9. The van der Waals surface area contributed by atoms with E-state index in [9.17, 15) is 24.0 Å². The molecule has 0 bridgehead atoms. The predicted octanol–water partition coefficient (Wildman–Crippen LogP) is 6.06. The van der Waals surface area contributed by atoms with E-state index in [2.05, 4.69) is 29.7 Å². The molecule has 15 nitrogen and oxygen atoms in total. The first-order valence-corrected chi connectivity index (χ1v) is 22.2. The summed E-state index contributed by atoms with van der Waals surface area (Å²) in [5, 5.41) is 4.92. The molecule has 4 rings (SSSR count). The molecule has 1 saturated heterocycles. The highest BCUT2D eigenvalue weighted by atomic mass is 16.6. The Hall–Kier alpha value is -4.25. The second-order valence-corrected chi connectivity index (χ2v) is 15.1. The maximum Gasteiger partial charge on any atom is 0.264 e. The van der Waals surface area contributed by atoms with Crippen molar-refractivity contribution in [2.75, 3.05) is 91.2 Å². The zero-order chi connectivity index (χ0) is 43.3. The number of nitrogens with zero attached hydrogens (tertiary/aromatic N) is 1. The second kappa shape index (κ2) is 29.9. The van der Waals surface area contributed by atoms with Crippen molar-refractivity contribution in [3.05, 3.63) is 59.2 Å². The van der Waals surface area contributed by atoms with Crippen LogP contribution in [-0.4, -0.2) is 126 Å². The SMILES string of the molecule is CCCCCCCCCc1ccc(OCCOCCOCCOCCOCCOCCOCCCCCC(=O)Nc2cccc3c2C(=O)N(C2CCC(=O)NC2=O)C3=O)cc1. The van der Waals surface area contributed by atoms with E-state index < -0.39 is 29.7 Å². The van der Waals surface area contributed by atoms with Crippen LogP contribution in [0, 0.1) is 0 Å². The highest BCUT2D eigenvalue weighted by Gasteiger charge is 2.45. The topological polar surface area (TPSA) is 177 Å². The van der Waals surface area contributed by atoms with Crippen LogP contribution < -0.4 is 15.4 Å². The Balaban J connectivity index is 0.862. The van der Waals surface area contributed by atoms with E-state index in [0.29, 0.717) is 92.3 Å². The molecule has 15 heteroatoms. The predicted molar refractivity (Wildman–Crippen MR) is 229 cm³/mol. The summed E-state index contributed by atoms with van der Waals surface area (Å²) in [6.45, 7) is 8.55. The van der Waals surface area contributed by atoms with Gasteiger partial charge in [-0.25, -0.2) is 0 Å². The van der Waals surface area contributed by atoms with Crippen LogP contribution in [0.25, 0.3) is 0 Å². The summed E-state index contributed by atoms with van der Waals surface area (Å²) in [7, 11) is 0. The largest absolute Gasteiger partial charge is 0.491 e. The van der Waals surface area contributed by atoms with Crippen LogP contribution in [0.15, 0.2) is 42.5 Å². The molecule has 2 aromatic rings. The van der Waals surface area contributed by atoms with Gasteiger partial charge < -0.3 is 38.5 Å². The van der Waals surface area contributed by atoms with Crippen LogP contribution in [-0.2, 0) is 49.2 Å². The fraction of sp³-hybridized carbons (Fsp3) is 0.630. The number of amides is 5. The molecule has 1 fully saturated rings. The lowest BCUT2D eigenvalue weighted by Crippen LogP contribution is -2.54. The van der Waals surface area contributed by atoms with Crippen molar-refractivity contribution in [3.8, 4) is 5.75 Å². The van der Waals surface area contributed by atoms with Gasteiger partial charge in [-0.2, -0.15) is 0 Å². The smallest absolute Gasteiger partial charge is 0.264 e. The van der Waals surface area contributed by atoms with Crippen LogP contribution in [0.2, 0.25) is 0 Å². The summed E-state index contributed by atoms with van der Waals surface area (Å²) in [6.07, 6.45) is 12.9. The van der Waals surface area contributed by atoms with Crippen LogP contribution in [0.5, 0.6) is 5.75 Å². The molecule has 0 aliphatic carbocycles. The van der Waals surface area contributed by atoms with Gasteiger partial charge in [-0.15, -0.1) is 0 Å². The summed E-state index contributed by atoms with van der Waals surface area (Å²) in [4.78, 5) is 63.6. The van der Waals surface area contributed by atoms with E-state index in [4.69, 9.17) is 33.2 Å². The molecule has 338 valence electrons. The number of imide groups is 2. The maximum atomic E-state index is 13.2. The molecule has 0 aromatic heterocycles. The molecule has 2 aliphatic rings. The van der Waals surface area contributed by atoms with Crippen molar-refractivity contribution < 1.29 is 57.1 Å². The van der Waals surface area contributed by atoms with Crippen LogP contribution in [0.1, 0.15) is 117 Å². The number of carbonyl (C=O) groups excluding carboxylic acids is 5. The van der Waals surface area contributed by atoms with Gasteiger partial charge in [-0.3, -0.25) is 34.2 Å². The van der Waals surface area contributed by atoms with Gasteiger partial charge in [0.2, 0.25) is 17.7 Å². The minimum absolute atomic E-state index is 0.0309. The third kappa shape index (κ3) is 18.7. The fourth-order valence-electron chi connectivity index (χ4n) is 6.96. The quantitative estimate of drug-likeness (QED) is 0.0607. The molecule has 0 spiro atoms. The molecule has 2 aliphatic heterocycles. The van der Waals surface area contributed by atoms with Crippen molar-refractivity contribution in [2.45, 2.75) is 103 Å². The first-order valence-electron chi connectivity index (χ1n) is 22.2. The molecule has 2 N–H and O–H groups in total. The van der Waals surface area contributed by atoms with Crippen molar-refractivity contribution in [1.82, 2.24) is 10.2 Å². The lowest BCUT2D eigenvalue weighted by atomic mass is 10.0. The number of nitrogens with one attached hydrogen (secondary N) is 2. The van der Waals surface area contributed by atoms with E-state index in [1.54, 1.807) is 12.1 Å². The van der Waals surface area contributed by atoms with E-state index in [0.717, 1.165) is 29.9 Å². The number of unbranched alkanes of at least 4 members (excludes halogenated alkanes) is 8. The molecule has 1 unspecified atom stereocenters. The summed E-state index contributed by atoms with van der Waals surface area (Å²) >= 11 is 0. The summed E-state index contributed by atoms with van der Waals surface area (Å²) in [5.41, 5.74) is 1.76. The van der Waals surface area contributed by atoms with Gasteiger partial charge in [-0.1, -0.05) is 70.1 Å². The lowest BCUT2D eigenvalue weighted by molar-refractivity contribution is -0.136. The van der Waals surface area contributed by atoms with E-state index in [-0.39, 0.29) is 42.0 Å². The number of rotatable bonds is 35. The van der Waals surface area contributed by atoms with E-state index >= 15 is 0 Å². The molecular formula is C46H67N3O12. The molecule has 2 heterocycles. The first kappa shape index (κ1) is 49.4. The average molecular weight is 854 g/mol. The normalized spacial score (nSPS) is 15.0. The standard InChI is InChI=1S/C46H67N3O12/c1-2-3-4-5-6-7-9-13-36-17-19-37(20-18-36)61-35-34-60-33-32-59-31-30-58-29-28-57-27-26-56-25-24-55-23-11-8-10-16-41(50)47-39-15-12-14-38-43(39)46(54)49(45(38)53)40-21-22-42(51)48-44(40)52/h12,14-15,17-20,40H,2-11,13,16,21-35H2,1H3,(H,47,50)(H,48,51,52). The highest BCUT2D eigenvalue weighted by Crippen LogP contribution is 2.32. The Kier molecular flexibility index (Phi) is 24.2. The van der Waals surface area contributed by atoms with Crippen molar-refractivity contribution in [1.29, 1.82) is 0 Å². The maximum absolute atomic E-state index is 13.2. The fourth-order valence-corrected chi connectivity index (χ4v) is 6.96. The van der Waals surface area contributed by atoms with Crippen LogP contribution >= 0.6 is 0 Å². The molecular weight excluding hydrogens is 787 g/mol. The van der Waals surface area contributed by atoms with Crippen molar-refractivity contribution >= 4 is 35.2 Å². The Morgan fingerprint density at radius 3 is 1.80 bits per heavy atom. The third-order valence-electron chi connectivity index (χ3n) is 10.3. The Bertz CT molecular complexity index is 1620. The number of piperidine rings is 1. The number of ether oxygens (including phenoxy) is 7. The Morgan fingerprint density at radius 2 is 1.20 bits per heavy atom. The second-order valence-electron chi connectivity index (χ2n) is 15.1. The lowest BCUT2D eigenvalue weighted by Gasteiger charge is -2.27. The van der Waals surface area contributed by atoms with E-state index in [1.807, 2.05) is 12.1 Å². The van der Waals surface area contributed by atoms with E-state index in [1.165, 1.54) is 56.6 Å². The zero-order valence-corrected chi connectivity index (χ0v) is 36.1. The zero-order valence-electron chi connectivity index (χ0n) is 36.1. The minimum atomic E-state index is -1.07. The van der Waals surface area contributed by atoms with Crippen LogP contribution in [0.3, 0.4) is 0 Å². The van der Waals surface area contributed by atoms with Gasteiger partial charge in [0, 0.05) is 19.4 Å². The highest BCUT2D eigenvalue weighted by molar-refractivity contribution is 6.26. The molecule has 61 heavy (non-hydrogen) atoms. The number of benzene rings is 2. The number of carbonyl (C=O) groups is 5. The average Bonchev–Trinajstić information content (AvgIpc) is 3.51. The summed E-state index contributed by atoms with van der Waals surface area (Å²) in [6, 6.07) is 11.9. The number of hydrogen-bond acceptors (Lipinski definition) is 12. The molecule has 1 atom stereocenters. The Labute approximate surface area is 360 Å². The van der Waals surface area contributed by atoms with Gasteiger partial charge in [-0.05, 0) is 61.9 Å². The number of anilines is 1. The molecule has 0 radical (unpaired) electrons. The van der Waals surface area contributed by atoms with Gasteiger partial charge in [0.25, 0.3) is 11.8 Å². The van der Waals surface area contributed by atoms with Crippen molar-refractivity contribution in [3.63, 3.8) is 0 Å². The summed E-state index contributed by atoms with van der Waals surface area (Å²) < 4.78 is 39.2. The number of hydrogen-bond donors (Lipinski definition) is 2. The number of fused-ring (bicyclic) bond motifs is 1. The molecule has 5 amide bonds. The summed E-state index contributed by atoms with van der Waals surface area (Å²) in [5.74, 6) is -1.83. The number of aryl methyl sites for hydroxylation is 1. The molecule has 2 aromatic carbocycles.